The summed E-state index contributed by atoms with van der Waals surface area (Å²) in [6, 6.07) is 12.1. The van der Waals surface area contributed by atoms with E-state index in [1.807, 2.05) is 24.3 Å². The molecule has 1 aromatic heterocycles. The van der Waals surface area contributed by atoms with Gasteiger partial charge in [0.25, 0.3) is 0 Å². The van der Waals surface area contributed by atoms with Crippen LogP contribution in [0.1, 0.15) is 21.7 Å². The van der Waals surface area contributed by atoms with E-state index in [9.17, 15) is 4.79 Å². The standard InChI is InChI=1S/C14H13NOS/c16-14-7-8-15(10-11-4-3-9-17-11)13-6-2-1-5-12(13)14/h1-6,9H,7-8,10H2. The van der Waals surface area contributed by atoms with Crippen molar-refractivity contribution in [1.82, 2.24) is 0 Å². The SMILES string of the molecule is O=C1CCN(Cc2cccs2)c2ccccc21. The third kappa shape index (κ3) is 1.98. The molecule has 0 unspecified atom stereocenters. The molecule has 0 aliphatic carbocycles. The summed E-state index contributed by atoms with van der Waals surface area (Å²) in [5.74, 6) is 0.267. The summed E-state index contributed by atoms with van der Waals surface area (Å²) in [5.41, 5.74) is 1.95. The number of hydrogen-bond acceptors (Lipinski definition) is 3. The van der Waals surface area contributed by atoms with Gasteiger partial charge < -0.3 is 4.90 Å². The van der Waals surface area contributed by atoms with Crippen molar-refractivity contribution < 1.29 is 4.79 Å². The van der Waals surface area contributed by atoms with Crippen LogP contribution in [0.25, 0.3) is 0 Å². The third-order valence-electron chi connectivity index (χ3n) is 3.08. The van der Waals surface area contributed by atoms with Crippen molar-refractivity contribution in [3.63, 3.8) is 0 Å². The van der Waals surface area contributed by atoms with Gasteiger partial charge in [-0.2, -0.15) is 0 Å². The molecule has 1 aliphatic heterocycles. The smallest absolute Gasteiger partial charge is 0.166 e. The Balaban J connectivity index is 1.93. The molecule has 0 radical (unpaired) electrons. The second kappa shape index (κ2) is 4.34. The van der Waals surface area contributed by atoms with E-state index in [2.05, 4.69) is 22.4 Å². The van der Waals surface area contributed by atoms with Gasteiger partial charge in [0.1, 0.15) is 0 Å². The molecule has 0 bridgehead atoms. The second-order valence-electron chi connectivity index (χ2n) is 4.19. The van der Waals surface area contributed by atoms with Crippen molar-refractivity contribution in [2.45, 2.75) is 13.0 Å². The molecule has 0 N–H and O–H groups in total. The van der Waals surface area contributed by atoms with Gasteiger partial charge in [-0.15, -0.1) is 11.3 Å². The molecular weight excluding hydrogens is 230 g/mol. The number of ketones is 1. The Bertz CT molecular complexity index is 533. The van der Waals surface area contributed by atoms with E-state index in [1.54, 1.807) is 11.3 Å². The molecule has 86 valence electrons. The average Bonchev–Trinajstić information content (AvgIpc) is 2.86. The van der Waals surface area contributed by atoms with Gasteiger partial charge in [0.2, 0.25) is 0 Å². The normalized spacial score (nSPS) is 14.8. The predicted octanol–water partition coefficient (Wildman–Crippen LogP) is 3.34. The number of benzene rings is 1. The van der Waals surface area contributed by atoms with Crippen molar-refractivity contribution in [3.05, 3.63) is 52.2 Å². The van der Waals surface area contributed by atoms with E-state index >= 15 is 0 Å². The van der Waals surface area contributed by atoms with Crippen LogP contribution >= 0.6 is 11.3 Å². The fourth-order valence-corrected chi connectivity index (χ4v) is 2.95. The molecule has 0 saturated carbocycles. The molecule has 0 amide bonds. The molecule has 0 atom stereocenters. The molecule has 2 nitrogen and oxygen atoms in total. The number of rotatable bonds is 2. The van der Waals surface area contributed by atoms with Crippen molar-refractivity contribution >= 4 is 22.8 Å². The van der Waals surface area contributed by atoms with E-state index in [0.717, 1.165) is 24.3 Å². The van der Waals surface area contributed by atoms with Gasteiger partial charge in [-0.1, -0.05) is 18.2 Å². The van der Waals surface area contributed by atoms with Crippen molar-refractivity contribution in [2.24, 2.45) is 0 Å². The first-order chi connectivity index (χ1) is 8.34. The number of thiophene rings is 1. The minimum absolute atomic E-state index is 0.267. The quantitative estimate of drug-likeness (QED) is 0.806. The predicted molar refractivity (Wildman–Crippen MR) is 70.8 cm³/mol. The van der Waals surface area contributed by atoms with E-state index < -0.39 is 0 Å². The number of fused-ring (bicyclic) bond motifs is 1. The molecule has 0 saturated heterocycles. The van der Waals surface area contributed by atoms with E-state index in [0.29, 0.717) is 6.42 Å². The summed E-state index contributed by atoms with van der Waals surface area (Å²) in [6.45, 7) is 1.73. The summed E-state index contributed by atoms with van der Waals surface area (Å²) in [7, 11) is 0. The molecule has 0 spiro atoms. The Hall–Kier alpha value is -1.61. The Morgan fingerprint density at radius 3 is 2.88 bits per heavy atom. The molecule has 3 heteroatoms. The Morgan fingerprint density at radius 1 is 1.18 bits per heavy atom. The lowest BCUT2D eigenvalue weighted by atomic mass is 10.0. The zero-order valence-corrected chi connectivity index (χ0v) is 10.2. The largest absolute Gasteiger partial charge is 0.365 e. The second-order valence-corrected chi connectivity index (χ2v) is 5.22. The first-order valence-electron chi connectivity index (χ1n) is 5.74. The van der Waals surface area contributed by atoms with Crippen molar-refractivity contribution in [1.29, 1.82) is 0 Å². The number of anilines is 1. The van der Waals surface area contributed by atoms with Gasteiger partial charge in [0, 0.05) is 29.1 Å². The molecule has 3 rings (SSSR count). The zero-order valence-electron chi connectivity index (χ0n) is 9.43. The highest BCUT2D eigenvalue weighted by Crippen LogP contribution is 2.28. The van der Waals surface area contributed by atoms with Crippen molar-refractivity contribution in [3.8, 4) is 0 Å². The Morgan fingerprint density at radius 2 is 2.06 bits per heavy atom. The van der Waals surface area contributed by atoms with E-state index in [4.69, 9.17) is 0 Å². The summed E-state index contributed by atoms with van der Waals surface area (Å²) in [6.07, 6.45) is 0.627. The summed E-state index contributed by atoms with van der Waals surface area (Å²) in [4.78, 5) is 15.4. The van der Waals surface area contributed by atoms with Crippen LogP contribution in [0.15, 0.2) is 41.8 Å². The summed E-state index contributed by atoms with van der Waals surface area (Å²) < 4.78 is 0. The van der Waals surface area contributed by atoms with Gasteiger partial charge in [-0.3, -0.25) is 4.79 Å². The number of carbonyl (C=O) groups excluding carboxylic acids is 1. The molecule has 1 aliphatic rings. The van der Waals surface area contributed by atoms with Crippen LogP contribution in [-0.2, 0) is 6.54 Å². The topological polar surface area (TPSA) is 20.3 Å². The lowest BCUT2D eigenvalue weighted by Crippen LogP contribution is -2.31. The number of nitrogens with zero attached hydrogens (tertiary/aromatic N) is 1. The first-order valence-corrected chi connectivity index (χ1v) is 6.62. The van der Waals surface area contributed by atoms with Crippen LogP contribution in [0.3, 0.4) is 0 Å². The Kier molecular flexibility index (Phi) is 2.69. The van der Waals surface area contributed by atoms with Gasteiger partial charge >= 0.3 is 0 Å². The minimum Gasteiger partial charge on any atom is -0.365 e. The van der Waals surface area contributed by atoms with Crippen LogP contribution < -0.4 is 4.90 Å². The lowest BCUT2D eigenvalue weighted by Gasteiger charge is -2.30. The highest BCUT2D eigenvalue weighted by Gasteiger charge is 2.22. The summed E-state index contributed by atoms with van der Waals surface area (Å²) in [5, 5.41) is 2.09. The number of Topliss-reactive ketones (excluding diaryl/α,β-unsaturated/α-hetero) is 1. The highest BCUT2D eigenvalue weighted by atomic mass is 32.1. The molecule has 17 heavy (non-hydrogen) atoms. The van der Waals surface area contributed by atoms with Crippen LogP contribution in [0.4, 0.5) is 5.69 Å². The first kappa shape index (κ1) is 10.5. The van der Waals surface area contributed by atoms with Gasteiger partial charge in [-0.25, -0.2) is 0 Å². The van der Waals surface area contributed by atoms with Gasteiger partial charge in [-0.05, 0) is 23.6 Å². The number of carbonyl (C=O) groups is 1. The van der Waals surface area contributed by atoms with E-state index in [-0.39, 0.29) is 5.78 Å². The maximum Gasteiger partial charge on any atom is 0.166 e. The molecule has 2 aromatic rings. The maximum atomic E-state index is 11.8. The summed E-state index contributed by atoms with van der Waals surface area (Å²) >= 11 is 1.77. The third-order valence-corrected chi connectivity index (χ3v) is 3.94. The fraction of sp³-hybridized carbons (Fsp3) is 0.214. The molecule has 2 heterocycles. The van der Waals surface area contributed by atoms with Crippen LogP contribution in [0, 0.1) is 0 Å². The Labute approximate surface area is 105 Å². The van der Waals surface area contributed by atoms with E-state index in [1.165, 1.54) is 4.88 Å². The zero-order chi connectivity index (χ0) is 11.7. The molecule has 1 aromatic carbocycles. The fourth-order valence-electron chi connectivity index (χ4n) is 2.23. The average molecular weight is 243 g/mol. The highest BCUT2D eigenvalue weighted by molar-refractivity contribution is 7.09. The minimum atomic E-state index is 0.267. The van der Waals surface area contributed by atoms with Crippen LogP contribution in [0.2, 0.25) is 0 Å². The van der Waals surface area contributed by atoms with Gasteiger partial charge in [0.05, 0.1) is 6.54 Å². The monoisotopic (exact) mass is 243 g/mol. The molecule has 0 fully saturated rings. The van der Waals surface area contributed by atoms with Crippen molar-refractivity contribution in [2.75, 3.05) is 11.4 Å². The number of para-hydroxylation sites is 1. The lowest BCUT2D eigenvalue weighted by molar-refractivity contribution is 0.0979. The molecular formula is C14H13NOS. The number of hydrogen-bond donors (Lipinski definition) is 0. The maximum absolute atomic E-state index is 11.8. The van der Waals surface area contributed by atoms with Gasteiger partial charge in [0.15, 0.2) is 5.78 Å². The van der Waals surface area contributed by atoms with Crippen LogP contribution in [0.5, 0.6) is 0 Å². The van der Waals surface area contributed by atoms with Crippen LogP contribution in [-0.4, -0.2) is 12.3 Å².